The number of amides is 2. The molecule has 1 aromatic rings. The molecule has 0 bridgehead atoms. The zero-order chi connectivity index (χ0) is 22.2. The maximum absolute atomic E-state index is 12.6. The van der Waals surface area contributed by atoms with Crippen molar-refractivity contribution in [2.45, 2.75) is 44.2 Å². The largest absolute Gasteiger partial charge is 0.465 e. The minimum Gasteiger partial charge on any atom is -0.465 e. The fourth-order valence-electron chi connectivity index (χ4n) is 4.06. The third kappa shape index (κ3) is 6.25. The van der Waals surface area contributed by atoms with Crippen molar-refractivity contribution < 1.29 is 19.4 Å². The van der Waals surface area contributed by atoms with Gasteiger partial charge < -0.3 is 30.1 Å². The standard InChI is InChI=1S/C24H31N3O4S/c28-23(22-17-30-16-21(31-22)18-7-2-1-3-8-18)20(15-27-12-4-5-13-27)26-24(29)25-11-10-19-9-6-14-32-19/h1-2,6-7,9,14,16-17,20,23,28H,3-5,8,10-13,15H2,(H2,25,26,29)/t20-,23-/m1/s1. The number of nitrogens with zero attached hydrogens (tertiary/aromatic N) is 1. The summed E-state index contributed by atoms with van der Waals surface area (Å²) in [7, 11) is 0. The average molecular weight is 458 g/mol. The van der Waals surface area contributed by atoms with E-state index < -0.39 is 12.1 Å². The van der Waals surface area contributed by atoms with Gasteiger partial charge in [0.1, 0.15) is 18.6 Å². The molecule has 1 fully saturated rings. The molecule has 1 saturated heterocycles. The third-order valence-corrected chi connectivity index (χ3v) is 6.73. The van der Waals surface area contributed by atoms with Crippen molar-refractivity contribution in [3.63, 3.8) is 0 Å². The Hall–Kier alpha value is -2.55. The van der Waals surface area contributed by atoms with Crippen molar-refractivity contribution in [2.75, 3.05) is 26.2 Å². The van der Waals surface area contributed by atoms with Crippen LogP contribution in [0.15, 0.2) is 65.4 Å². The molecule has 0 aromatic carbocycles. The molecule has 3 N–H and O–H groups in total. The van der Waals surface area contributed by atoms with Crippen LogP contribution in [0.3, 0.4) is 0 Å². The topological polar surface area (TPSA) is 83.1 Å². The molecule has 8 heteroatoms. The van der Waals surface area contributed by atoms with E-state index in [0.717, 1.165) is 50.8 Å². The van der Waals surface area contributed by atoms with Crippen molar-refractivity contribution in [2.24, 2.45) is 0 Å². The molecule has 0 spiro atoms. The summed E-state index contributed by atoms with van der Waals surface area (Å²) in [6, 6.07) is 3.24. The molecule has 2 aliphatic heterocycles. The number of aliphatic hydroxyl groups excluding tert-OH is 1. The summed E-state index contributed by atoms with van der Waals surface area (Å²) in [4.78, 5) is 16.1. The number of hydrogen-bond acceptors (Lipinski definition) is 6. The summed E-state index contributed by atoms with van der Waals surface area (Å²) < 4.78 is 11.5. The summed E-state index contributed by atoms with van der Waals surface area (Å²) in [5.41, 5.74) is 1.03. The van der Waals surface area contributed by atoms with Crippen LogP contribution in [0, 0.1) is 0 Å². The first-order valence-corrected chi connectivity index (χ1v) is 12.1. The number of hydrogen-bond donors (Lipinski definition) is 3. The number of nitrogens with one attached hydrogen (secondary N) is 2. The lowest BCUT2D eigenvalue weighted by molar-refractivity contribution is 0.0743. The number of carbonyl (C=O) groups is 1. The van der Waals surface area contributed by atoms with Crippen LogP contribution in [0.4, 0.5) is 4.79 Å². The zero-order valence-corrected chi connectivity index (χ0v) is 19.0. The molecular formula is C24H31N3O4S. The molecule has 2 amide bonds. The smallest absolute Gasteiger partial charge is 0.315 e. The van der Waals surface area contributed by atoms with Gasteiger partial charge in [-0.1, -0.05) is 24.3 Å². The van der Waals surface area contributed by atoms with Crippen LogP contribution in [-0.4, -0.2) is 54.4 Å². The quantitative estimate of drug-likeness (QED) is 0.529. The molecule has 3 heterocycles. The fraction of sp³-hybridized carbons (Fsp3) is 0.458. The van der Waals surface area contributed by atoms with E-state index in [1.807, 2.05) is 23.6 Å². The van der Waals surface area contributed by atoms with Gasteiger partial charge in [-0.2, -0.15) is 0 Å². The Morgan fingerprint density at radius 2 is 2.16 bits per heavy atom. The van der Waals surface area contributed by atoms with E-state index in [9.17, 15) is 9.90 Å². The molecule has 0 saturated carbocycles. The normalized spacial score (nSPS) is 20.3. The number of likely N-dealkylation sites (tertiary alicyclic amines) is 1. The van der Waals surface area contributed by atoms with E-state index in [1.54, 1.807) is 17.6 Å². The van der Waals surface area contributed by atoms with Gasteiger partial charge in [0, 0.05) is 18.0 Å². The van der Waals surface area contributed by atoms with Crippen LogP contribution in [-0.2, 0) is 15.9 Å². The molecule has 4 rings (SSSR count). The van der Waals surface area contributed by atoms with E-state index >= 15 is 0 Å². The van der Waals surface area contributed by atoms with Crippen LogP contribution in [0.2, 0.25) is 0 Å². The second kappa shape index (κ2) is 11.4. The summed E-state index contributed by atoms with van der Waals surface area (Å²) in [6.45, 7) is 3.01. The van der Waals surface area contributed by atoms with Crippen LogP contribution in [0.5, 0.6) is 0 Å². The van der Waals surface area contributed by atoms with Crippen molar-refractivity contribution in [1.29, 1.82) is 0 Å². The zero-order valence-electron chi connectivity index (χ0n) is 18.2. The van der Waals surface area contributed by atoms with Gasteiger partial charge in [0.05, 0.1) is 6.04 Å². The lowest BCUT2D eigenvalue weighted by atomic mass is 10.0. The van der Waals surface area contributed by atoms with Gasteiger partial charge in [-0.15, -0.1) is 11.3 Å². The fourth-order valence-corrected chi connectivity index (χ4v) is 4.77. The molecule has 1 aliphatic carbocycles. The third-order valence-electron chi connectivity index (χ3n) is 5.80. The average Bonchev–Trinajstić information content (AvgIpc) is 3.53. The van der Waals surface area contributed by atoms with Crippen molar-refractivity contribution in [3.8, 4) is 0 Å². The second-order valence-electron chi connectivity index (χ2n) is 8.19. The summed E-state index contributed by atoms with van der Waals surface area (Å²) in [6.07, 6.45) is 12.9. The predicted molar refractivity (Wildman–Crippen MR) is 125 cm³/mol. The van der Waals surface area contributed by atoms with Crippen LogP contribution in [0.25, 0.3) is 0 Å². The summed E-state index contributed by atoms with van der Waals surface area (Å²) >= 11 is 1.68. The first-order valence-electron chi connectivity index (χ1n) is 11.3. The van der Waals surface area contributed by atoms with Crippen molar-refractivity contribution in [3.05, 3.63) is 70.2 Å². The van der Waals surface area contributed by atoms with Gasteiger partial charge in [-0.25, -0.2) is 4.79 Å². The van der Waals surface area contributed by atoms with E-state index in [1.165, 1.54) is 11.1 Å². The molecule has 32 heavy (non-hydrogen) atoms. The Labute approximate surface area is 193 Å². The number of rotatable bonds is 9. The minimum atomic E-state index is -1.03. The molecule has 7 nitrogen and oxygen atoms in total. The number of carbonyl (C=O) groups excluding carboxylic acids is 1. The van der Waals surface area contributed by atoms with Gasteiger partial charge in [0.25, 0.3) is 0 Å². The molecule has 3 aliphatic rings. The minimum absolute atomic E-state index is 0.293. The molecule has 0 radical (unpaired) electrons. The molecular weight excluding hydrogens is 426 g/mol. The maximum atomic E-state index is 12.6. The lowest BCUT2D eigenvalue weighted by Gasteiger charge is -2.30. The molecule has 2 atom stereocenters. The molecule has 172 valence electrons. The Morgan fingerprint density at radius 3 is 2.91 bits per heavy atom. The Balaban J connectivity index is 1.36. The van der Waals surface area contributed by atoms with Crippen LogP contribution in [0.1, 0.15) is 30.6 Å². The first kappa shape index (κ1) is 22.6. The van der Waals surface area contributed by atoms with E-state index in [2.05, 4.69) is 27.7 Å². The second-order valence-corrected chi connectivity index (χ2v) is 9.22. The van der Waals surface area contributed by atoms with Crippen LogP contribution < -0.4 is 10.6 Å². The highest BCUT2D eigenvalue weighted by Gasteiger charge is 2.31. The van der Waals surface area contributed by atoms with Crippen molar-refractivity contribution in [1.82, 2.24) is 15.5 Å². The first-order chi connectivity index (χ1) is 15.7. The monoisotopic (exact) mass is 457 g/mol. The van der Waals surface area contributed by atoms with Crippen molar-refractivity contribution >= 4 is 17.4 Å². The number of allylic oxidation sites excluding steroid dienone is 4. The predicted octanol–water partition coefficient (Wildman–Crippen LogP) is 3.42. The maximum Gasteiger partial charge on any atom is 0.315 e. The highest BCUT2D eigenvalue weighted by Crippen LogP contribution is 2.28. The van der Waals surface area contributed by atoms with Crippen LogP contribution >= 0.6 is 11.3 Å². The highest BCUT2D eigenvalue weighted by molar-refractivity contribution is 7.09. The summed E-state index contributed by atoms with van der Waals surface area (Å²) in [5, 5.41) is 19.0. The van der Waals surface area contributed by atoms with Gasteiger partial charge in [-0.05, 0) is 62.2 Å². The SMILES string of the molecule is O=C(NCCc1cccs1)N[C@H](CN1CCCC1)[C@@H](O)C1=COC=C(C2=CC=CCC2)O1. The van der Waals surface area contributed by atoms with Gasteiger partial charge >= 0.3 is 6.03 Å². The Kier molecular flexibility index (Phi) is 8.03. The number of aliphatic hydroxyl groups is 1. The number of urea groups is 1. The van der Waals surface area contributed by atoms with Gasteiger partial charge in [-0.3, -0.25) is 0 Å². The van der Waals surface area contributed by atoms with E-state index in [0.29, 0.717) is 24.6 Å². The Bertz CT molecular complexity index is 885. The van der Waals surface area contributed by atoms with E-state index in [4.69, 9.17) is 9.47 Å². The summed E-state index contributed by atoms with van der Waals surface area (Å²) in [5.74, 6) is 0.909. The molecule has 0 unspecified atom stereocenters. The van der Waals surface area contributed by atoms with Gasteiger partial charge in [0.2, 0.25) is 0 Å². The Morgan fingerprint density at radius 1 is 1.28 bits per heavy atom. The van der Waals surface area contributed by atoms with E-state index in [-0.39, 0.29) is 6.03 Å². The highest BCUT2D eigenvalue weighted by atomic mass is 32.1. The van der Waals surface area contributed by atoms with Gasteiger partial charge in [0.15, 0.2) is 11.5 Å². The number of ether oxygens (including phenoxy) is 2. The number of thiophene rings is 1. The molecule has 1 aromatic heterocycles. The lowest BCUT2D eigenvalue weighted by Crippen LogP contribution is -2.53.